The highest BCUT2D eigenvalue weighted by molar-refractivity contribution is 5.28. The quantitative estimate of drug-likeness (QED) is 0.822. The first-order valence-corrected chi connectivity index (χ1v) is 6.66. The maximum atomic E-state index is 6.12. The van der Waals surface area contributed by atoms with E-state index in [1.165, 1.54) is 11.1 Å². The number of hydrogen-bond donors (Lipinski definition) is 2. The molecule has 0 spiro atoms. The summed E-state index contributed by atoms with van der Waals surface area (Å²) in [6.07, 6.45) is 1.09. The van der Waals surface area contributed by atoms with Crippen LogP contribution in [0.4, 0.5) is 0 Å². The van der Waals surface area contributed by atoms with E-state index in [0.29, 0.717) is 17.9 Å². The molecule has 3 unspecified atom stereocenters. The summed E-state index contributed by atoms with van der Waals surface area (Å²) in [5, 5.41) is 3.49. The second kappa shape index (κ2) is 5.19. The van der Waals surface area contributed by atoms with E-state index in [4.69, 9.17) is 5.73 Å². The Labute approximate surface area is 105 Å². The normalized spacial score (nSPS) is 29.6. The van der Waals surface area contributed by atoms with E-state index in [1.807, 2.05) is 0 Å². The lowest BCUT2D eigenvalue weighted by Crippen LogP contribution is -2.50. The first kappa shape index (κ1) is 12.6. The van der Waals surface area contributed by atoms with E-state index in [0.717, 1.165) is 13.0 Å². The van der Waals surface area contributed by atoms with Gasteiger partial charge in [0.15, 0.2) is 0 Å². The molecule has 0 aliphatic carbocycles. The summed E-state index contributed by atoms with van der Waals surface area (Å²) in [5.74, 6) is 1.18. The van der Waals surface area contributed by atoms with Crippen LogP contribution in [0.1, 0.15) is 50.2 Å². The summed E-state index contributed by atoms with van der Waals surface area (Å²) < 4.78 is 0. The Balaban J connectivity index is 2.07. The SMILES string of the molecule is CC(C)c1ccc(C2CNC(C)C(N)C2)cc1. The molecule has 2 nitrogen and oxygen atoms in total. The molecule has 0 amide bonds. The molecule has 1 aliphatic heterocycles. The third-order valence-corrected chi connectivity index (χ3v) is 3.96. The fourth-order valence-electron chi connectivity index (χ4n) is 2.50. The predicted octanol–water partition coefficient (Wildman–Crippen LogP) is 2.60. The first-order valence-electron chi connectivity index (χ1n) is 6.66. The van der Waals surface area contributed by atoms with Crippen molar-refractivity contribution in [3.63, 3.8) is 0 Å². The Kier molecular flexibility index (Phi) is 3.85. The monoisotopic (exact) mass is 232 g/mol. The number of nitrogens with one attached hydrogen (secondary N) is 1. The molecule has 0 saturated carbocycles. The Morgan fingerprint density at radius 3 is 2.41 bits per heavy atom. The van der Waals surface area contributed by atoms with Crippen LogP contribution in [0.25, 0.3) is 0 Å². The smallest absolute Gasteiger partial charge is 0.0198 e. The molecule has 1 saturated heterocycles. The number of hydrogen-bond acceptors (Lipinski definition) is 2. The van der Waals surface area contributed by atoms with Gasteiger partial charge in [0.25, 0.3) is 0 Å². The van der Waals surface area contributed by atoms with E-state index >= 15 is 0 Å². The lowest BCUT2D eigenvalue weighted by Gasteiger charge is -2.33. The van der Waals surface area contributed by atoms with Gasteiger partial charge in [0.2, 0.25) is 0 Å². The molecule has 94 valence electrons. The van der Waals surface area contributed by atoms with Crippen LogP contribution in [0.2, 0.25) is 0 Å². The zero-order valence-electron chi connectivity index (χ0n) is 11.1. The minimum atomic E-state index is 0.276. The molecule has 1 aromatic carbocycles. The van der Waals surface area contributed by atoms with Crippen LogP contribution in [0, 0.1) is 0 Å². The number of rotatable bonds is 2. The molecule has 0 aromatic heterocycles. The lowest BCUT2D eigenvalue weighted by atomic mass is 9.85. The van der Waals surface area contributed by atoms with Crippen molar-refractivity contribution in [1.29, 1.82) is 0 Å². The van der Waals surface area contributed by atoms with Gasteiger partial charge in [-0.3, -0.25) is 0 Å². The van der Waals surface area contributed by atoms with Gasteiger partial charge in [-0.15, -0.1) is 0 Å². The minimum Gasteiger partial charge on any atom is -0.326 e. The highest BCUT2D eigenvalue weighted by Crippen LogP contribution is 2.26. The molecule has 3 N–H and O–H groups in total. The summed E-state index contributed by atoms with van der Waals surface area (Å²) in [6.45, 7) is 7.68. The van der Waals surface area contributed by atoms with Gasteiger partial charge in [0, 0.05) is 18.6 Å². The molecule has 2 heteroatoms. The maximum absolute atomic E-state index is 6.12. The molecule has 1 heterocycles. The molecule has 1 aromatic rings. The summed E-state index contributed by atoms with van der Waals surface area (Å²) in [6, 6.07) is 9.77. The second-order valence-corrected chi connectivity index (χ2v) is 5.61. The molecule has 1 fully saturated rings. The number of nitrogens with two attached hydrogens (primary N) is 1. The van der Waals surface area contributed by atoms with Gasteiger partial charge in [0.1, 0.15) is 0 Å². The van der Waals surface area contributed by atoms with Gasteiger partial charge >= 0.3 is 0 Å². The van der Waals surface area contributed by atoms with E-state index in [2.05, 4.69) is 50.4 Å². The highest BCUT2D eigenvalue weighted by atomic mass is 15.0. The van der Waals surface area contributed by atoms with Crippen LogP contribution in [-0.4, -0.2) is 18.6 Å². The first-order chi connectivity index (χ1) is 8.08. The summed E-state index contributed by atoms with van der Waals surface area (Å²) in [7, 11) is 0. The largest absolute Gasteiger partial charge is 0.326 e. The standard InChI is InChI=1S/C15H24N2/c1-10(2)12-4-6-13(7-5-12)14-8-15(16)11(3)17-9-14/h4-7,10-11,14-15,17H,8-9,16H2,1-3H3. The van der Waals surface area contributed by atoms with Crippen LogP contribution >= 0.6 is 0 Å². The molecule has 0 bridgehead atoms. The van der Waals surface area contributed by atoms with E-state index in [1.54, 1.807) is 0 Å². The van der Waals surface area contributed by atoms with Gasteiger partial charge < -0.3 is 11.1 Å². The fourth-order valence-corrected chi connectivity index (χ4v) is 2.50. The number of piperidine rings is 1. The Morgan fingerprint density at radius 2 is 1.88 bits per heavy atom. The van der Waals surface area contributed by atoms with Crippen LogP contribution in [0.15, 0.2) is 24.3 Å². The molecule has 2 rings (SSSR count). The average Bonchev–Trinajstić information content (AvgIpc) is 2.33. The summed E-state index contributed by atoms with van der Waals surface area (Å²) in [4.78, 5) is 0. The Hall–Kier alpha value is -0.860. The molecular weight excluding hydrogens is 208 g/mol. The van der Waals surface area contributed by atoms with Gasteiger partial charge in [-0.1, -0.05) is 38.1 Å². The van der Waals surface area contributed by atoms with Gasteiger partial charge in [-0.05, 0) is 36.3 Å². The molecule has 17 heavy (non-hydrogen) atoms. The Morgan fingerprint density at radius 1 is 1.24 bits per heavy atom. The van der Waals surface area contributed by atoms with E-state index < -0.39 is 0 Å². The van der Waals surface area contributed by atoms with Gasteiger partial charge in [-0.2, -0.15) is 0 Å². The lowest BCUT2D eigenvalue weighted by molar-refractivity contribution is 0.337. The van der Waals surface area contributed by atoms with Crippen molar-refractivity contribution >= 4 is 0 Å². The minimum absolute atomic E-state index is 0.276. The molecular formula is C15H24N2. The third kappa shape index (κ3) is 2.88. The van der Waals surface area contributed by atoms with Crippen LogP contribution in [-0.2, 0) is 0 Å². The zero-order valence-corrected chi connectivity index (χ0v) is 11.1. The van der Waals surface area contributed by atoms with Crippen molar-refractivity contribution in [3.8, 4) is 0 Å². The van der Waals surface area contributed by atoms with Crippen molar-refractivity contribution in [1.82, 2.24) is 5.32 Å². The van der Waals surface area contributed by atoms with Crippen molar-refractivity contribution in [2.24, 2.45) is 5.73 Å². The highest BCUT2D eigenvalue weighted by Gasteiger charge is 2.25. The van der Waals surface area contributed by atoms with E-state index in [9.17, 15) is 0 Å². The van der Waals surface area contributed by atoms with Gasteiger partial charge in [-0.25, -0.2) is 0 Å². The summed E-state index contributed by atoms with van der Waals surface area (Å²) in [5.41, 5.74) is 8.95. The van der Waals surface area contributed by atoms with Crippen LogP contribution in [0.3, 0.4) is 0 Å². The molecule has 1 aliphatic rings. The topological polar surface area (TPSA) is 38.0 Å². The second-order valence-electron chi connectivity index (χ2n) is 5.61. The molecule has 3 atom stereocenters. The predicted molar refractivity (Wildman–Crippen MR) is 73.3 cm³/mol. The van der Waals surface area contributed by atoms with Crippen molar-refractivity contribution in [2.45, 2.75) is 51.1 Å². The third-order valence-electron chi connectivity index (χ3n) is 3.96. The van der Waals surface area contributed by atoms with Crippen molar-refractivity contribution in [3.05, 3.63) is 35.4 Å². The van der Waals surface area contributed by atoms with Gasteiger partial charge in [0.05, 0.1) is 0 Å². The van der Waals surface area contributed by atoms with Crippen molar-refractivity contribution in [2.75, 3.05) is 6.54 Å². The number of benzene rings is 1. The van der Waals surface area contributed by atoms with E-state index in [-0.39, 0.29) is 6.04 Å². The Bertz CT molecular complexity index is 356. The van der Waals surface area contributed by atoms with Crippen molar-refractivity contribution < 1.29 is 0 Å². The summed E-state index contributed by atoms with van der Waals surface area (Å²) >= 11 is 0. The van der Waals surface area contributed by atoms with Crippen LogP contribution < -0.4 is 11.1 Å². The zero-order chi connectivity index (χ0) is 12.4. The average molecular weight is 232 g/mol. The van der Waals surface area contributed by atoms with Crippen LogP contribution in [0.5, 0.6) is 0 Å². The fraction of sp³-hybridized carbons (Fsp3) is 0.600. The maximum Gasteiger partial charge on any atom is 0.0198 e. The molecule has 0 radical (unpaired) electrons.